The van der Waals surface area contributed by atoms with E-state index in [0.29, 0.717) is 6.07 Å². The SMILES string of the molecule is CNSc1cc(C(F)(F)F)cc(C(F)(F)P)c1. The molecule has 0 aliphatic heterocycles. The monoisotopic (exact) mass is 289 g/mol. The van der Waals surface area contributed by atoms with Crippen LogP contribution in [0, 0.1) is 0 Å². The van der Waals surface area contributed by atoms with Crippen molar-refractivity contribution in [2.75, 3.05) is 7.05 Å². The van der Waals surface area contributed by atoms with Crippen LogP contribution in [0.25, 0.3) is 0 Å². The van der Waals surface area contributed by atoms with Crippen molar-refractivity contribution in [1.82, 2.24) is 4.72 Å². The lowest BCUT2D eigenvalue weighted by Crippen LogP contribution is -2.10. The van der Waals surface area contributed by atoms with Crippen molar-refractivity contribution in [3.05, 3.63) is 29.3 Å². The fourth-order valence-corrected chi connectivity index (χ4v) is 1.91. The standard InChI is InChI=1S/C9H9F5NPS/c1-15-17-7-3-5(8(10,11)12)2-6(4-7)9(13,14)16/h2-4,15H,16H2,1H3. The molecule has 96 valence electrons. The minimum atomic E-state index is -4.64. The van der Waals surface area contributed by atoms with Crippen molar-refractivity contribution in [2.45, 2.75) is 16.7 Å². The first-order chi connectivity index (χ1) is 7.64. The van der Waals surface area contributed by atoms with Crippen LogP contribution in [0.3, 0.4) is 0 Å². The van der Waals surface area contributed by atoms with E-state index < -0.39 is 23.0 Å². The molecule has 8 heteroatoms. The lowest BCUT2D eigenvalue weighted by Gasteiger charge is -2.15. The molecule has 0 amide bonds. The molecule has 17 heavy (non-hydrogen) atoms. The summed E-state index contributed by atoms with van der Waals surface area (Å²) in [6.07, 6.45) is -4.64. The first kappa shape index (κ1) is 14.7. The molecule has 1 rings (SSSR count). The van der Waals surface area contributed by atoms with Crippen LogP contribution in [0.15, 0.2) is 23.1 Å². The maximum absolute atomic E-state index is 13.0. The molecule has 0 aliphatic carbocycles. The van der Waals surface area contributed by atoms with Gasteiger partial charge in [-0.05, 0) is 37.2 Å². The van der Waals surface area contributed by atoms with E-state index in [2.05, 4.69) is 4.72 Å². The molecule has 1 aromatic rings. The Labute approximate surface area is 101 Å². The number of benzene rings is 1. The summed E-state index contributed by atoms with van der Waals surface area (Å²) in [5.41, 5.74) is -5.16. The summed E-state index contributed by atoms with van der Waals surface area (Å²) in [6.45, 7) is 0. The maximum atomic E-state index is 13.0. The van der Waals surface area contributed by atoms with Crippen LogP contribution in [0.2, 0.25) is 0 Å². The average Bonchev–Trinajstić information content (AvgIpc) is 2.15. The zero-order valence-electron chi connectivity index (χ0n) is 8.61. The maximum Gasteiger partial charge on any atom is 0.416 e. The number of alkyl halides is 5. The molecule has 0 heterocycles. The summed E-state index contributed by atoms with van der Waals surface area (Å²) >= 11 is 0.843. The second kappa shape index (κ2) is 5.08. The summed E-state index contributed by atoms with van der Waals surface area (Å²) < 4.78 is 66.0. The van der Waals surface area contributed by atoms with Gasteiger partial charge in [0, 0.05) is 10.5 Å². The van der Waals surface area contributed by atoms with Gasteiger partial charge >= 0.3 is 6.18 Å². The number of nitrogens with one attached hydrogen (secondary N) is 1. The van der Waals surface area contributed by atoms with Crippen LogP contribution >= 0.6 is 21.2 Å². The van der Waals surface area contributed by atoms with E-state index in [1.807, 2.05) is 0 Å². The van der Waals surface area contributed by atoms with Gasteiger partial charge in [-0.3, -0.25) is 4.72 Å². The molecule has 0 aromatic heterocycles. The third kappa shape index (κ3) is 4.08. The van der Waals surface area contributed by atoms with Gasteiger partial charge in [-0.2, -0.15) is 22.0 Å². The van der Waals surface area contributed by atoms with E-state index in [1.54, 1.807) is 0 Å². The van der Waals surface area contributed by atoms with Gasteiger partial charge in [0.05, 0.1) is 5.56 Å². The van der Waals surface area contributed by atoms with Gasteiger partial charge in [-0.25, -0.2) is 0 Å². The van der Waals surface area contributed by atoms with Gasteiger partial charge in [0.25, 0.3) is 5.66 Å². The first-order valence-electron chi connectivity index (χ1n) is 4.37. The molecule has 0 saturated heterocycles. The second-order valence-corrected chi connectivity index (χ2v) is 4.98. The van der Waals surface area contributed by atoms with E-state index in [4.69, 9.17) is 0 Å². The number of hydrogen-bond acceptors (Lipinski definition) is 2. The zero-order chi connectivity index (χ0) is 13.3. The van der Waals surface area contributed by atoms with E-state index in [9.17, 15) is 22.0 Å². The summed E-state index contributed by atoms with van der Waals surface area (Å²) in [6, 6.07) is 2.29. The summed E-state index contributed by atoms with van der Waals surface area (Å²) in [7, 11) is 2.71. The van der Waals surface area contributed by atoms with Gasteiger partial charge in [0.15, 0.2) is 0 Å². The average molecular weight is 289 g/mol. The Kier molecular flexibility index (Phi) is 4.38. The second-order valence-electron chi connectivity index (χ2n) is 3.17. The number of rotatable bonds is 3. The Morgan fingerprint density at radius 1 is 1.06 bits per heavy atom. The Hall–Kier alpha value is -0.390. The van der Waals surface area contributed by atoms with Gasteiger partial charge in [0.1, 0.15) is 0 Å². The first-order valence-corrected chi connectivity index (χ1v) is 5.77. The highest BCUT2D eigenvalue weighted by molar-refractivity contribution is 7.97. The molecule has 0 aliphatic rings. The Morgan fingerprint density at radius 3 is 2.00 bits per heavy atom. The Balaban J connectivity index is 3.29. The predicted molar refractivity (Wildman–Crippen MR) is 60.0 cm³/mol. The highest BCUT2D eigenvalue weighted by Gasteiger charge is 2.34. The third-order valence-corrected chi connectivity index (χ3v) is 2.85. The molecule has 1 atom stereocenters. The molecule has 0 fully saturated rings. The van der Waals surface area contributed by atoms with Crippen LogP contribution in [-0.2, 0) is 11.8 Å². The zero-order valence-corrected chi connectivity index (χ0v) is 10.6. The summed E-state index contributed by atoms with van der Waals surface area (Å²) in [5, 5.41) is 0. The summed E-state index contributed by atoms with van der Waals surface area (Å²) in [4.78, 5) is 0.0828. The quantitative estimate of drug-likeness (QED) is 0.515. The van der Waals surface area contributed by atoms with Crippen molar-refractivity contribution in [3.63, 3.8) is 0 Å². The van der Waals surface area contributed by atoms with Crippen LogP contribution in [0.4, 0.5) is 22.0 Å². The van der Waals surface area contributed by atoms with Gasteiger partial charge in [0.2, 0.25) is 0 Å². The molecule has 0 radical (unpaired) electrons. The van der Waals surface area contributed by atoms with E-state index in [1.165, 1.54) is 16.3 Å². The minimum absolute atomic E-state index is 0.0828. The van der Waals surface area contributed by atoms with E-state index in [0.717, 1.165) is 24.1 Å². The fraction of sp³-hybridized carbons (Fsp3) is 0.333. The number of hydrogen-bond donors (Lipinski definition) is 1. The van der Waals surface area contributed by atoms with Crippen LogP contribution in [0.1, 0.15) is 11.1 Å². The van der Waals surface area contributed by atoms with Crippen molar-refractivity contribution < 1.29 is 22.0 Å². The topological polar surface area (TPSA) is 12.0 Å². The van der Waals surface area contributed by atoms with Crippen molar-refractivity contribution in [1.29, 1.82) is 0 Å². The highest BCUT2D eigenvalue weighted by Crippen LogP contribution is 2.40. The Morgan fingerprint density at radius 2 is 1.59 bits per heavy atom. The van der Waals surface area contributed by atoms with Gasteiger partial charge in [-0.15, -0.1) is 0 Å². The van der Waals surface area contributed by atoms with Crippen molar-refractivity contribution >= 4 is 21.2 Å². The minimum Gasteiger partial charge on any atom is -0.263 e. The molecule has 1 aromatic carbocycles. The van der Waals surface area contributed by atoms with Crippen LogP contribution < -0.4 is 4.72 Å². The fourth-order valence-electron chi connectivity index (χ4n) is 1.13. The third-order valence-electron chi connectivity index (χ3n) is 1.84. The van der Waals surface area contributed by atoms with Crippen LogP contribution in [0.5, 0.6) is 0 Å². The van der Waals surface area contributed by atoms with Gasteiger partial charge in [-0.1, -0.05) is 9.24 Å². The van der Waals surface area contributed by atoms with Gasteiger partial charge < -0.3 is 0 Å². The molecule has 0 spiro atoms. The van der Waals surface area contributed by atoms with Crippen molar-refractivity contribution in [3.8, 4) is 0 Å². The van der Waals surface area contributed by atoms with Crippen molar-refractivity contribution in [2.24, 2.45) is 0 Å². The molecule has 0 saturated carbocycles. The van der Waals surface area contributed by atoms with Crippen LogP contribution in [-0.4, -0.2) is 7.05 Å². The lowest BCUT2D eigenvalue weighted by molar-refractivity contribution is -0.137. The number of halogens is 5. The predicted octanol–water partition coefficient (Wildman–Crippen LogP) is 3.86. The normalized spacial score (nSPS) is 12.9. The molecular weight excluding hydrogens is 280 g/mol. The molecule has 1 unspecified atom stereocenters. The summed E-state index contributed by atoms with van der Waals surface area (Å²) in [5.74, 6) is 0. The highest BCUT2D eigenvalue weighted by atomic mass is 32.2. The molecular formula is C9H9F5NPS. The molecule has 0 bridgehead atoms. The lowest BCUT2D eigenvalue weighted by atomic mass is 10.1. The Bertz CT molecular complexity index is 369. The smallest absolute Gasteiger partial charge is 0.263 e. The van der Waals surface area contributed by atoms with E-state index in [-0.39, 0.29) is 4.90 Å². The van der Waals surface area contributed by atoms with E-state index >= 15 is 0 Å². The largest absolute Gasteiger partial charge is 0.416 e. The molecule has 1 N–H and O–H groups in total. The molecule has 1 nitrogen and oxygen atoms in total.